The van der Waals surface area contributed by atoms with Gasteiger partial charge in [-0.15, -0.1) is 0 Å². The summed E-state index contributed by atoms with van der Waals surface area (Å²) in [5, 5.41) is 0.633. The lowest BCUT2D eigenvalue weighted by atomic mass is 9.97. The molecule has 11 heteroatoms. The average Bonchev–Trinajstić information content (AvgIpc) is 3.71. The molecule has 1 aliphatic rings. The predicted molar refractivity (Wildman–Crippen MR) is 152 cm³/mol. The van der Waals surface area contributed by atoms with E-state index in [2.05, 4.69) is 0 Å². The molecule has 3 aromatic rings. The second-order valence-electron chi connectivity index (χ2n) is 9.73. The van der Waals surface area contributed by atoms with Crippen molar-refractivity contribution in [2.45, 2.75) is 32.1 Å². The Morgan fingerprint density at radius 3 is 2.23 bits per heavy atom. The van der Waals surface area contributed by atoms with Crippen LogP contribution < -0.4 is 10.0 Å². The summed E-state index contributed by atoms with van der Waals surface area (Å²) >= 11 is 0. The summed E-state index contributed by atoms with van der Waals surface area (Å²) in [7, 11) is -3.66. The zero-order chi connectivity index (χ0) is 28.7. The minimum Gasteiger partial charge on any atom is -0.455 e. The molecule has 1 aromatic heterocycles. The van der Waals surface area contributed by atoms with Gasteiger partial charge in [0.05, 0.1) is 63.7 Å². The summed E-state index contributed by atoms with van der Waals surface area (Å²) in [5.74, 6) is 0.0429. The molecular weight excluding hydrogens is 539 g/mol. The first-order chi connectivity index (χ1) is 19.2. The van der Waals surface area contributed by atoms with Gasteiger partial charge in [-0.25, -0.2) is 12.8 Å². The SMILES string of the molecule is CCC(=O)c1c(-c2ccc(F)cc2)oc2cc(N(CCOCCOCCOCCN)S(C)(=O)=O)c(C3CC3)cc12. The van der Waals surface area contributed by atoms with Crippen molar-refractivity contribution in [3.8, 4) is 11.3 Å². The molecule has 1 heterocycles. The Hall–Kier alpha value is -2.83. The molecule has 0 unspecified atom stereocenters. The number of hydrogen-bond donors (Lipinski definition) is 1. The molecule has 1 saturated carbocycles. The van der Waals surface area contributed by atoms with Crippen molar-refractivity contribution < 1.29 is 36.2 Å². The molecule has 0 amide bonds. The Kier molecular flexibility index (Phi) is 10.3. The van der Waals surface area contributed by atoms with Crippen LogP contribution in [0.25, 0.3) is 22.3 Å². The smallest absolute Gasteiger partial charge is 0.232 e. The van der Waals surface area contributed by atoms with Gasteiger partial charge in [0.25, 0.3) is 0 Å². The maximum Gasteiger partial charge on any atom is 0.232 e. The van der Waals surface area contributed by atoms with Crippen molar-refractivity contribution in [3.05, 3.63) is 53.3 Å². The van der Waals surface area contributed by atoms with E-state index >= 15 is 0 Å². The van der Waals surface area contributed by atoms with Gasteiger partial charge in [-0.2, -0.15) is 0 Å². The van der Waals surface area contributed by atoms with Gasteiger partial charge in [0, 0.05) is 30.0 Å². The number of anilines is 1. The van der Waals surface area contributed by atoms with Crippen LogP contribution in [0.15, 0.2) is 40.8 Å². The van der Waals surface area contributed by atoms with Crippen LogP contribution in [0.5, 0.6) is 0 Å². The molecule has 2 aromatic carbocycles. The standard InChI is InChI=1S/C29H37FN2O7S/c1-3-26(33)28-24-18-23(20-4-5-20)25(19-27(24)39-29(28)21-6-8-22(30)9-7-21)32(40(2,34)35)11-13-37-15-17-38-16-14-36-12-10-31/h6-9,18-20H,3-5,10-17,31H2,1-2H3. The minimum atomic E-state index is -3.66. The Balaban J connectivity index is 1.59. The monoisotopic (exact) mass is 576 g/mol. The largest absolute Gasteiger partial charge is 0.455 e. The van der Waals surface area contributed by atoms with E-state index in [0.717, 1.165) is 24.7 Å². The third-order valence-electron chi connectivity index (χ3n) is 6.67. The second kappa shape index (κ2) is 13.7. The van der Waals surface area contributed by atoms with Gasteiger partial charge in [-0.05, 0) is 54.7 Å². The number of ketones is 1. The molecule has 2 N–H and O–H groups in total. The van der Waals surface area contributed by atoms with Gasteiger partial charge in [-0.1, -0.05) is 6.92 Å². The topological polar surface area (TPSA) is 121 Å². The van der Waals surface area contributed by atoms with Crippen molar-refractivity contribution >= 4 is 32.5 Å². The van der Waals surface area contributed by atoms with Crippen molar-refractivity contribution in [2.24, 2.45) is 5.73 Å². The Morgan fingerprint density at radius 1 is 1.02 bits per heavy atom. The number of nitrogens with zero attached hydrogens (tertiary/aromatic N) is 1. The van der Waals surface area contributed by atoms with E-state index in [1.807, 2.05) is 6.07 Å². The Morgan fingerprint density at radius 2 is 1.65 bits per heavy atom. The van der Waals surface area contributed by atoms with Crippen LogP contribution >= 0.6 is 0 Å². The zero-order valence-electron chi connectivity index (χ0n) is 23.0. The van der Waals surface area contributed by atoms with Crippen LogP contribution in [-0.4, -0.2) is 73.2 Å². The fraction of sp³-hybridized carbons (Fsp3) is 0.483. The summed E-state index contributed by atoms with van der Waals surface area (Å²) in [5.41, 5.74) is 8.15. The van der Waals surface area contributed by atoms with Crippen LogP contribution in [-0.2, 0) is 24.2 Å². The molecule has 0 spiro atoms. The van der Waals surface area contributed by atoms with Crippen LogP contribution in [0, 0.1) is 5.82 Å². The summed E-state index contributed by atoms with van der Waals surface area (Å²) in [6.45, 7) is 4.54. The number of carbonyl (C=O) groups is 1. The number of Topliss-reactive ketones (excluding diaryl/α,β-unsaturated/α-hetero) is 1. The molecule has 0 atom stereocenters. The van der Waals surface area contributed by atoms with Crippen LogP contribution in [0.2, 0.25) is 0 Å². The summed E-state index contributed by atoms with van der Waals surface area (Å²) in [6, 6.07) is 9.36. The van der Waals surface area contributed by atoms with E-state index in [4.69, 9.17) is 24.4 Å². The van der Waals surface area contributed by atoms with Crippen molar-refractivity contribution in [2.75, 3.05) is 63.3 Å². The van der Waals surface area contributed by atoms with E-state index in [9.17, 15) is 17.6 Å². The average molecular weight is 577 g/mol. The van der Waals surface area contributed by atoms with E-state index in [1.165, 1.54) is 16.4 Å². The molecule has 0 bridgehead atoms. The number of benzene rings is 2. The minimum absolute atomic E-state index is 0.103. The van der Waals surface area contributed by atoms with Crippen molar-refractivity contribution in [3.63, 3.8) is 0 Å². The first kappa shape index (κ1) is 30.1. The molecule has 1 fully saturated rings. The first-order valence-electron chi connectivity index (χ1n) is 13.5. The number of sulfonamides is 1. The highest BCUT2D eigenvalue weighted by atomic mass is 32.2. The number of halogens is 1. The van der Waals surface area contributed by atoms with Crippen molar-refractivity contribution in [1.82, 2.24) is 0 Å². The second-order valence-corrected chi connectivity index (χ2v) is 11.6. The van der Waals surface area contributed by atoms with E-state index in [0.29, 0.717) is 73.1 Å². The third kappa shape index (κ3) is 7.46. The van der Waals surface area contributed by atoms with Crippen molar-refractivity contribution in [1.29, 1.82) is 0 Å². The highest BCUT2D eigenvalue weighted by molar-refractivity contribution is 7.92. The lowest BCUT2D eigenvalue weighted by Gasteiger charge is -2.25. The molecule has 0 aliphatic heterocycles. The number of nitrogens with two attached hydrogens (primary N) is 1. The highest BCUT2D eigenvalue weighted by Gasteiger charge is 2.33. The fourth-order valence-electron chi connectivity index (χ4n) is 4.58. The lowest BCUT2D eigenvalue weighted by molar-refractivity contribution is 0.0176. The van der Waals surface area contributed by atoms with Crippen LogP contribution in [0.3, 0.4) is 0 Å². The summed E-state index contributed by atoms with van der Waals surface area (Å²) < 4.78 is 63.3. The zero-order valence-corrected chi connectivity index (χ0v) is 23.8. The van der Waals surface area contributed by atoms with E-state index < -0.39 is 15.8 Å². The molecule has 0 saturated heterocycles. The number of hydrogen-bond acceptors (Lipinski definition) is 8. The number of ether oxygens (including phenoxy) is 3. The van der Waals surface area contributed by atoms with Gasteiger partial charge in [0.15, 0.2) is 5.78 Å². The predicted octanol–water partition coefficient (Wildman–Crippen LogP) is 4.48. The molecule has 4 rings (SSSR count). The number of rotatable bonds is 17. The molecule has 218 valence electrons. The third-order valence-corrected chi connectivity index (χ3v) is 7.85. The maximum absolute atomic E-state index is 13.6. The molecule has 40 heavy (non-hydrogen) atoms. The Labute approximate surface area is 234 Å². The van der Waals surface area contributed by atoms with E-state index in [-0.39, 0.29) is 31.3 Å². The molecule has 9 nitrogen and oxygen atoms in total. The van der Waals surface area contributed by atoms with Crippen LogP contribution in [0.4, 0.5) is 10.1 Å². The highest BCUT2D eigenvalue weighted by Crippen LogP contribution is 2.48. The normalized spacial score (nSPS) is 13.7. The quantitative estimate of drug-likeness (QED) is 0.184. The number of carbonyl (C=O) groups excluding carboxylic acids is 1. The number of fused-ring (bicyclic) bond motifs is 1. The fourth-order valence-corrected chi connectivity index (χ4v) is 5.50. The molecule has 1 aliphatic carbocycles. The van der Waals surface area contributed by atoms with Gasteiger partial charge in [0.1, 0.15) is 17.2 Å². The summed E-state index contributed by atoms with van der Waals surface area (Å²) in [6.07, 6.45) is 3.29. The summed E-state index contributed by atoms with van der Waals surface area (Å²) in [4.78, 5) is 13.1. The van der Waals surface area contributed by atoms with Gasteiger partial charge in [0.2, 0.25) is 10.0 Å². The maximum atomic E-state index is 13.6. The van der Waals surface area contributed by atoms with E-state index in [1.54, 1.807) is 25.1 Å². The molecule has 0 radical (unpaired) electrons. The first-order valence-corrected chi connectivity index (χ1v) is 15.4. The van der Waals surface area contributed by atoms with Gasteiger partial charge in [-0.3, -0.25) is 9.10 Å². The van der Waals surface area contributed by atoms with Crippen LogP contribution in [0.1, 0.15) is 48.0 Å². The Bertz CT molecular complexity index is 1400. The van der Waals surface area contributed by atoms with Gasteiger partial charge >= 0.3 is 0 Å². The lowest BCUT2D eigenvalue weighted by Crippen LogP contribution is -2.34. The molecular formula is C29H37FN2O7S. The number of furan rings is 1. The van der Waals surface area contributed by atoms with Gasteiger partial charge < -0.3 is 24.4 Å².